The SMILES string of the molecule is CCOC(=O)/C(=N/Nc1ccccc1OC)C(=O)OCBr. The van der Waals surface area contributed by atoms with E-state index in [0.29, 0.717) is 11.4 Å². The molecule has 1 N–H and O–H groups in total. The van der Waals surface area contributed by atoms with Gasteiger partial charge in [0, 0.05) is 0 Å². The molecular weight excluding hydrogens is 344 g/mol. The van der Waals surface area contributed by atoms with Crippen LogP contribution in [0.4, 0.5) is 5.69 Å². The minimum atomic E-state index is -0.896. The van der Waals surface area contributed by atoms with Gasteiger partial charge in [0.15, 0.2) is 0 Å². The van der Waals surface area contributed by atoms with Crippen molar-refractivity contribution in [2.24, 2.45) is 5.10 Å². The molecule has 0 aliphatic heterocycles. The van der Waals surface area contributed by atoms with Crippen LogP contribution >= 0.6 is 15.9 Å². The van der Waals surface area contributed by atoms with Crippen LogP contribution < -0.4 is 10.2 Å². The molecule has 0 bridgehead atoms. The Morgan fingerprint density at radius 2 is 1.90 bits per heavy atom. The van der Waals surface area contributed by atoms with Gasteiger partial charge in [0.25, 0.3) is 5.71 Å². The average Bonchev–Trinajstić information content (AvgIpc) is 2.48. The van der Waals surface area contributed by atoms with Crippen LogP contribution in [0.25, 0.3) is 0 Å². The van der Waals surface area contributed by atoms with Gasteiger partial charge in [0.2, 0.25) is 0 Å². The smallest absolute Gasteiger partial charge is 0.367 e. The number of benzene rings is 1. The van der Waals surface area contributed by atoms with Crippen molar-refractivity contribution in [1.82, 2.24) is 0 Å². The molecule has 8 heteroatoms. The number of hydrogen-bond donors (Lipinski definition) is 1. The fourth-order valence-electron chi connectivity index (χ4n) is 1.35. The van der Waals surface area contributed by atoms with E-state index in [2.05, 4.69) is 26.5 Å². The summed E-state index contributed by atoms with van der Waals surface area (Å²) < 4.78 is 14.6. The van der Waals surface area contributed by atoms with E-state index in [1.165, 1.54) is 7.11 Å². The molecule has 0 spiro atoms. The maximum atomic E-state index is 11.7. The number of nitrogens with one attached hydrogen (secondary N) is 1. The van der Waals surface area contributed by atoms with E-state index >= 15 is 0 Å². The number of rotatable bonds is 7. The van der Waals surface area contributed by atoms with Crippen molar-refractivity contribution in [1.29, 1.82) is 0 Å². The molecule has 114 valence electrons. The Morgan fingerprint density at radius 3 is 2.52 bits per heavy atom. The monoisotopic (exact) mass is 358 g/mol. The van der Waals surface area contributed by atoms with E-state index in [0.717, 1.165) is 0 Å². The maximum absolute atomic E-state index is 11.7. The third-order valence-electron chi connectivity index (χ3n) is 2.24. The number of ether oxygens (including phenoxy) is 3. The number of carbonyl (C=O) groups is 2. The summed E-state index contributed by atoms with van der Waals surface area (Å²) in [4.78, 5) is 23.4. The zero-order valence-corrected chi connectivity index (χ0v) is 13.2. The van der Waals surface area contributed by atoms with E-state index in [1.54, 1.807) is 31.2 Å². The Kier molecular flexibility index (Phi) is 7.24. The third kappa shape index (κ3) is 5.07. The van der Waals surface area contributed by atoms with Crippen molar-refractivity contribution >= 4 is 39.3 Å². The molecule has 0 saturated heterocycles. The highest BCUT2D eigenvalue weighted by Gasteiger charge is 2.24. The van der Waals surface area contributed by atoms with E-state index in [1.807, 2.05) is 0 Å². The molecule has 0 radical (unpaired) electrons. The van der Waals surface area contributed by atoms with Gasteiger partial charge < -0.3 is 14.2 Å². The molecular formula is C13H15BrN2O5. The van der Waals surface area contributed by atoms with Gasteiger partial charge in [-0.25, -0.2) is 9.59 Å². The normalized spacial score (nSPS) is 10.7. The molecule has 0 saturated carbocycles. The van der Waals surface area contributed by atoms with Crippen LogP contribution in [0.1, 0.15) is 6.92 Å². The van der Waals surface area contributed by atoms with Gasteiger partial charge in [0.1, 0.15) is 11.3 Å². The lowest BCUT2D eigenvalue weighted by molar-refractivity contribution is -0.139. The van der Waals surface area contributed by atoms with Crippen molar-refractivity contribution in [2.45, 2.75) is 6.92 Å². The highest BCUT2D eigenvalue weighted by atomic mass is 79.9. The molecule has 0 aromatic heterocycles. The zero-order chi connectivity index (χ0) is 15.7. The second kappa shape index (κ2) is 8.96. The third-order valence-corrected chi connectivity index (χ3v) is 2.47. The molecule has 0 aliphatic carbocycles. The minimum Gasteiger partial charge on any atom is -0.495 e. The molecule has 7 nitrogen and oxygen atoms in total. The molecule has 0 atom stereocenters. The largest absolute Gasteiger partial charge is 0.495 e. The van der Waals surface area contributed by atoms with Crippen molar-refractivity contribution in [3.05, 3.63) is 24.3 Å². The van der Waals surface area contributed by atoms with Crippen molar-refractivity contribution in [3.63, 3.8) is 0 Å². The van der Waals surface area contributed by atoms with Gasteiger partial charge in [-0.1, -0.05) is 12.1 Å². The Bertz CT molecular complexity index is 513. The first-order chi connectivity index (χ1) is 10.1. The van der Waals surface area contributed by atoms with Crippen LogP contribution in [-0.4, -0.2) is 36.9 Å². The molecule has 1 aromatic carbocycles. The summed E-state index contributed by atoms with van der Waals surface area (Å²) in [5.41, 5.74) is 2.54. The topological polar surface area (TPSA) is 86.2 Å². The van der Waals surface area contributed by atoms with Gasteiger partial charge >= 0.3 is 11.9 Å². The van der Waals surface area contributed by atoms with E-state index < -0.39 is 17.7 Å². The number of hydrogen-bond acceptors (Lipinski definition) is 7. The number of halogens is 1. The number of methoxy groups -OCH3 is 1. The standard InChI is InChI=1S/C13H15BrN2O5/c1-3-20-12(17)11(13(18)21-8-14)16-15-9-6-4-5-7-10(9)19-2/h4-7,15H,3,8H2,1-2H3/b16-11-. The van der Waals surface area contributed by atoms with Crippen LogP contribution in [0.2, 0.25) is 0 Å². The Balaban J connectivity index is 2.97. The van der Waals surface area contributed by atoms with E-state index in [9.17, 15) is 9.59 Å². The lowest BCUT2D eigenvalue weighted by Gasteiger charge is -2.09. The summed E-state index contributed by atoms with van der Waals surface area (Å²) >= 11 is 2.93. The molecule has 1 rings (SSSR count). The van der Waals surface area contributed by atoms with Gasteiger partial charge in [0.05, 0.1) is 19.4 Å². The van der Waals surface area contributed by atoms with Crippen LogP contribution in [0.5, 0.6) is 5.75 Å². The van der Waals surface area contributed by atoms with Gasteiger partial charge in [-0.05, 0) is 35.0 Å². The Hall–Kier alpha value is -2.09. The van der Waals surface area contributed by atoms with Crippen LogP contribution in [-0.2, 0) is 19.1 Å². The second-order valence-electron chi connectivity index (χ2n) is 3.53. The summed E-state index contributed by atoms with van der Waals surface area (Å²) in [6, 6.07) is 6.92. The first-order valence-electron chi connectivity index (χ1n) is 6.01. The quantitative estimate of drug-likeness (QED) is 0.263. The Labute approximate surface area is 130 Å². The highest BCUT2D eigenvalue weighted by molar-refractivity contribution is 9.09. The van der Waals surface area contributed by atoms with Gasteiger partial charge in [-0.15, -0.1) is 0 Å². The summed E-state index contributed by atoms with van der Waals surface area (Å²) in [5, 5.41) is 3.76. The molecule has 0 fully saturated rings. The Morgan fingerprint density at radius 1 is 1.24 bits per heavy atom. The number of alkyl halides is 1. The van der Waals surface area contributed by atoms with Gasteiger partial charge in [-0.2, -0.15) is 5.10 Å². The fraction of sp³-hybridized carbons (Fsp3) is 0.308. The van der Waals surface area contributed by atoms with Crippen LogP contribution in [0.3, 0.4) is 0 Å². The van der Waals surface area contributed by atoms with Crippen LogP contribution in [0.15, 0.2) is 29.4 Å². The fourth-order valence-corrected chi connectivity index (χ4v) is 1.55. The van der Waals surface area contributed by atoms with Crippen molar-refractivity contribution in [2.75, 3.05) is 24.7 Å². The lowest BCUT2D eigenvalue weighted by Crippen LogP contribution is -2.29. The lowest BCUT2D eigenvalue weighted by atomic mass is 10.3. The minimum absolute atomic E-state index is 0.0566. The number of carbonyl (C=O) groups excluding carboxylic acids is 2. The first-order valence-corrected chi connectivity index (χ1v) is 7.13. The number of hydrazone groups is 1. The zero-order valence-electron chi connectivity index (χ0n) is 11.6. The summed E-state index contributed by atoms with van der Waals surface area (Å²) in [6.07, 6.45) is 0. The molecule has 0 amide bonds. The predicted molar refractivity (Wildman–Crippen MR) is 80.6 cm³/mol. The summed E-state index contributed by atoms with van der Waals surface area (Å²) in [5.74, 6) is -1.25. The van der Waals surface area contributed by atoms with Gasteiger partial charge in [-0.3, -0.25) is 5.43 Å². The first kappa shape index (κ1) is 17.0. The summed E-state index contributed by atoms with van der Waals surface area (Å²) in [7, 11) is 1.50. The maximum Gasteiger partial charge on any atom is 0.367 e. The molecule has 0 unspecified atom stereocenters. The van der Waals surface area contributed by atoms with E-state index in [4.69, 9.17) is 14.2 Å². The van der Waals surface area contributed by atoms with E-state index in [-0.39, 0.29) is 12.1 Å². The average molecular weight is 359 g/mol. The molecule has 1 aromatic rings. The molecule has 0 heterocycles. The number of esters is 2. The molecule has 0 aliphatic rings. The second-order valence-corrected chi connectivity index (χ2v) is 3.99. The number of nitrogens with zero attached hydrogens (tertiary/aromatic N) is 1. The van der Waals surface area contributed by atoms with Crippen molar-refractivity contribution < 1.29 is 23.8 Å². The van der Waals surface area contributed by atoms with Crippen LogP contribution in [0, 0.1) is 0 Å². The van der Waals surface area contributed by atoms with Crippen molar-refractivity contribution in [3.8, 4) is 5.75 Å². The predicted octanol–water partition coefficient (Wildman–Crippen LogP) is 1.92. The molecule has 21 heavy (non-hydrogen) atoms. The highest BCUT2D eigenvalue weighted by Crippen LogP contribution is 2.22. The number of para-hydroxylation sites is 2. The number of anilines is 1. The summed E-state index contributed by atoms with van der Waals surface area (Å²) in [6.45, 7) is 1.74.